The van der Waals surface area contributed by atoms with Gasteiger partial charge >= 0.3 is 0 Å². The number of nitrogens with zero attached hydrogens (tertiary/aromatic N) is 4. The van der Waals surface area contributed by atoms with Crippen LogP contribution in [0.15, 0.2) is 53.3 Å². The van der Waals surface area contributed by atoms with Crippen LogP contribution in [-0.2, 0) is 20.9 Å². The minimum absolute atomic E-state index is 0.114. The van der Waals surface area contributed by atoms with Crippen molar-refractivity contribution in [1.82, 2.24) is 25.3 Å². The molecule has 216 valence electrons. The van der Waals surface area contributed by atoms with Crippen molar-refractivity contribution < 1.29 is 14.3 Å². The number of nitrogens with one attached hydrogen (secondary N) is 2. The van der Waals surface area contributed by atoms with Gasteiger partial charge in [-0.15, -0.1) is 0 Å². The lowest BCUT2D eigenvalue weighted by Crippen LogP contribution is -2.68. The van der Waals surface area contributed by atoms with Gasteiger partial charge in [0.05, 0.1) is 19.3 Å². The van der Waals surface area contributed by atoms with Gasteiger partial charge in [-0.2, -0.15) is 5.26 Å². The molecule has 4 aliphatic rings. The number of nitriles is 1. The zero-order valence-corrected chi connectivity index (χ0v) is 23.8. The van der Waals surface area contributed by atoms with Gasteiger partial charge in [0.1, 0.15) is 17.7 Å². The molecule has 1 aromatic carbocycles. The summed E-state index contributed by atoms with van der Waals surface area (Å²) < 4.78 is 12.7. The molecule has 40 heavy (non-hydrogen) atoms. The molecule has 5 rings (SSSR count). The monoisotopic (exact) mass is 549 g/mol. The van der Waals surface area contributed by atoms with Crippen LogP contribution in [0.2, 0.25) is 0 Å². The van der Waals surface area contributed by atoms with Gasteiger partial charge < -0.3 is 35.6 Å². The Morgan fingerprint density at radius 3 is 2.70 bits per heavy atom. The molecule has 3 fully saturated rings. The molecule has 0 spiro atoms. The Hall–Kier alpha value is -2.78. The predicted octanol–water partition coefficient (Wildman–Crippen LogP) is 1.13. The Bertz CT molecular complexity index is 1140. The number of fused-ring (bicyclic) bond motifs is 1. The van der Waals surface area contributed by atoms with Crippen LogP contribution in [0, 0.1) is 11.3 Å². The second kappa shape index (κ2) is 12.8. The van der Waals surface area contributed by atoms with Crippen LogP contribution in [0.1, 0.15) is 31.7 Å². The highest BCUT2D eigenvalue weighted by atomic mass is 16.5. The molecule has 0 bridgehead atoms. The van der Waals surface area contributed by atoms with Crippen molar-refractivity contribution in [2.45, 2.75) is 56.8 Å². The number of rotatable bonds is 9. The van der Waals surface area contributed by atoms with Crippen LogP contribution >= 0.6 is 0 Å². The van der Waals surface area contributed by atoms with Crippen molar-refractivity contribution in [2.24, 2.45) is 5.73 Å². The predicted molar refractivity (Wildman–Crippen MR) is 153 cm³/mol. The molecule has 4 aliphatic heterocycles. The fourth-order valence-electron chi connectivity index (χ4n) is 6.13. The number of piperazine rings is 1. The van der Waals surface area contributed by atoms with Gasteiger partial charge in [0, 0.05) is 45.0 Å². The number of amides is 1. The number of piperidine rings is 1. The molecule has 3 saturated heterocycles. The third-order valence-corrected chi connectivity index (χ3v) is 8.79. The molecule has 10 heteroatoms. The third-order valence-electron chi connectivity index (χ3n) is 8.79. The quantitative estimate of drug-likeness (QED) is 0.416. The number of likely N-dealkylation sites (tertiary alicyclic amines) is 1. The van der Waals surface area contributed by atoms with E-state index in [1.165, 1.54) is 0 Å². The Labute approximate surface area is 237 Å². The summed E-state index contributed by atoms with van der Waals surface area (Å²) in [6.07, 6.45) is 4.73. The molecular formula is C30H43N7O3. The minimum atomic E-state index is -1.06. The Kier molecular flexibility index (Phi) is 9.20. The number of ether oxygens (including phenoxy) is 2. The summed E-state index contributed by atoms with van der Waals surface area (Å²) in [6, 6.07) is 12.0. The van der Waals surface area contributed by atoms with Crippen molar-refractivity contribution >= 4 is 5.91 Å². The lowest BCUT2D eigenvalue weighted by molar-refractivity contribution is -0.168. The number of carbonyl (C=O) groups excluding carboxylic acids is 1. The Balaban J connectivity index is 1.26. The van der Waals surface area contributed by atoms with Gasteiger partial charge in [-0.25, -0.2) is 4.90 Å². The maximum atomic E-state index is 13.3. The first-order valence-corrected chi connectivity index (χ1v) is 14.5. The second-order valence-corrected chi connectivity index (χ2v) is 11.3. The number of hydrogen-bond donors (Lipinski definition) is 3. The number of dihydropyridines is 1. The van der Waals surface area contributed by atoms with Crippen molar-refractivity contribution in [3.8, 4) is 6.07 Å². The Morgan fingerprint density at radius 2 is 2.00 bits per heavy atom. The number of nitrogens with two attached hydrogens (primary N) is 1. The summed E-state index contributed by atoms with van der Waals surface area (Å²) in [5.74, 6) is -1.17. The Morgan fingerprint density at radius 1 is 1.23 bits per heavy atom. The lowest BCUT2D eigenvalue weighted by Gasteiger charge is -2.50. The minimum Gasteiger partial charge on any atom is -0.372 e. The number of benzene rings is 1. The highest BCUT2D eigenvalue weighted by molar-refractivity contribution is 5.82. The first-order chi connectivity index (χ1) is 19.4. The zero-order valence-electron chi connectivity index (χ0n) is 23.8. The molecule has 1 amide bonds. The van der Waals surface area contributed by atoms with Gasteiger partial charge in [0.25, 0.3) is 0 Å². The fourth-order valence-corrected chi connectivity index (χ4v) is 6.13. The van der Waals surface area contributed by atoms with Crippen LogP contribution in [-0.4, -0.2) is 104 Å². The van der Waals surface area contributed by atoms with Crippen LogP contribution in [0.25, 0.3) is 0 Å². The van der Waals surface area contributed by atoms with Crippen LogP contribution < -0.4 is 16.4 Å². The van der Waals surface area contributed by atoms with Gasteiger partial charge in [-0.3, -0.25) is 4.79 Å². The van der Waals surface area contributed by atoms with E-state index in [4.69, 9.17) is 15.2 Å². The molecule has 1 unspecified atom stereocenters. The molecule has 0 aromatic heterocycles. The fraction of sp³-hybridized carbons (Fsp3) is 0.600. The molecule has 0 radical (unpaired) electrons. The van der Waals surface area contributed by atoms with E-state index in [0.29, 0.717) is 57.6 Å². The molecule has 4 N–H and O–H groups in total. The van der Waals surface area contributed by atoms with E-state index in [9.17, 15) is 10.1 Å². The van der Waals surface area contributed by atoms with E-state index in [1.807, 2.05) is 48.4 Å². The number of hydrogen-bond acceptors (Lipinski definition) is 9. The number of likely N-dealkylation sites (N-methyl/N-ethyl adjacent to an activating group) is 1. The molecule has 10 nitrogen and oxygen atoms in total. The van der Waals surface area contributed by atoms with Gasteiger partial charge in [0.2, 0.25) is 11.8 Å². The molecule has 0 saturated carbocycles. The standard InChI is InChI=1S/C30H43N7O3/c1-22(39-20-23-7-4-3-5-8-23)28(32)29(38)36-13-15-37(16-14-36)30(40-21-25-9-6-12-35(25)2)27(17-31)26-19-33-11-10-24(26)18-34-30/h3-5,7-8,18,22,25,28,33-34H,6,9-16,19-21,32H2,1-2H3/t22-,25+,28+,30?/m1/s1. The SMILES string of the molecule is C[C@@H](OCc1ccccc1)[C@H](N)C(=O)N1CCN(C2(OC[C@@H]3CCCN3C)NC=C3CCNCC3=C2C#N)CC1. The molecule has 4 heterocycles. The third kappa shape index (κ3) is 5.96. The summed E-state index contributed by atoms with van der Waals surface area (Å²) in [5.41, 5.74) is 10.2. The van der Waals surface area contributed by atoms with E-state index in [1.54, 1.807) is 0 Å². The van der Waals surface area contributed by atoms with E-state index >= 15 is 0 Å². The number of carbonyl (C=O) groups is 1. The van der Waals surface area contributed by atoms with Crippen LogP contribution in [0.4, 0.5) is 0 Å². The van der Waals surface area contributed by atoms with Crippen molar-refractivity contribution in [2.75, 3.05) is 59.5 Å². The highest BCUT2D eigenvalue weighted by Crippen LogP contribution is 2.36. The van der Waals surface area contributed by atoms with Crippen molar-refractivity contribution in [3.63, 3.8) is 0 Å². The van der Waals surface area contributed by atoms with E-state index in [2.05, 4.69) is 33.6 Å². The smallest absolute Gasteiger partial charge is 0.242 e. The summed E-state index contributed by atoms with van der Waals surface area (Å²) in [7, 11) is 2.13. The van der Waals surface area contributed by atoms with Gasteiger partial charge in [-0.05, 0) is 63.0 Å². The summed E-state index contributed by atoms with van der Waals surface area (Å²) in [5, 5.41) is 17.4. The lowest BCUT2D eigenvalue weighted by atomic mass is 9.89. The van der Waals surface area contributed by atoms with E-state index in [0.717, 1.165) is 49.1 Å². The second-order valence-electron chi connectivity index (χ2n) is 11.3. The van der Waals surface area contributed by atoms with Crippen molar-refractivity contribution in [3.05, 3.63) is 58.8 Å². The molecule has 1 aromatic rings. The maximum Gasteiger partial charge on any atom is 0.242 e. The normalized spacial score (nSPS) is 27.4. The maximum absolute atomic E-state index is 13.3. The van der Waals surface area contributed by atoms with Gasteiger partial charge in [0.15, 0.2) is 0 Å². The largest absolute Gasteiger partial charge is 0.372 e. The van der Waals surface area contributed by atoms with Crippen LogP contribution in [0.5, 0.6) is 0 Å². The van der Waals surface area contributed by atoms with Gasteiger partial charge in [-0.1, -0.05) is 30.3 Å². The first-order valence-electron chi connectivity index (χ1n) is 14.5. The van der Waals surface area contributed by atoms with Crippen LogP contribution in [0.3, 0.4) is 0 Å². The molecular weight excluding hydrogens is 506 g/mol. The summed E-state index contributed by atoms with van der Waals surface area (Å²) in [6.45, 7) is 7.50. The molecule has 4 atom stereocenters. The zero-order chi connectivity index (χ0) is 28.1. The topological polar surface area (TPSA) is 119 Å². The summed E-state index contributed by atoms with van der Waals surface area (Å²) >= 11 is 0. The van der Waals surface area contributed by atoms with E-state index < -0.39 is 18.0 Å². The van der Waals surface area contributed by atoms with E-state index in [-0.39, 0.29) is 5.91 Å². The highest BCUT2D eigenvalue weighted by Gasteiger charge is 2.48. The van der Waals surface area contributed by atoms with Crippen molar-refractivity contribution in [1.29, 1.82) is 5.26 Å². The average Bonchev–Trinajstić information content (AvgIpc) is 3.42. The molecule has 0 aliphatic carbocycles. The first kappa shape index (κ1) is 28.7. The summed E-state index contributed by atoms with van der Waals surface area (Å²) in [4.78, 5) is 19.7. The average molecular weight is 550 g/mol.